The molecule has 34 heavy (non-hydrogen) atoms. The second kappa shape index (κ2) is 9.14. The van der Waals surface area contributed by atoms with Crippen molar-refractivity contribution in [2.45, 2.75) is 13.0 Å². The number of carbonyl (C=O) groups excluding carboxylic acids is 3. The second-order valence-electron chi connectivity index (χ2n) is 7.45. The number of amides is 2. The Morgan fingerprint density at radius 2 is 1.71 bits per heavy atom. The van der Waals surface area contributed by atoms with Crippen molar-refractivity contribution in [2.24, 2.45) is 0 Å². The quantitative estimate of drug-likeness (QED) is 0.324. The zero-order chi connectivity index (χ0) is 24.4. The van der Waals surface area contributed by atoms with Gasteiger partial charge in [-0.2, -0.15) is 0 Å². The molecule has 2 N–H and O–H groups in total. The summed E-state index contributed by atoms with van der Waals surface area (Å²) in [5.41, 5.74) is 0.721. The molecule has 1 aromatic heterocycles. The van der Waals surface area contributed by atoms with Gasteiger partial charge in [0.25, 0.3) is 11.7 Å². The van der Waals surface area contributed by atoms with Crippen LogP contribution in [-0.4, -0.2) is 36.9 Å². The molecule has 174 valence electrons. The molecule has 4 rings (SSSR count). The van der Waals surface area contributed by atoms with Gasteiger partial charge in [-0.1, -0.05) is 12.1 Å². The maximum Gasteiger partial charge on any atom is 0.300 e. The van der Waals surface area contributed by atoms with E-state index < -0.39 is 23.5 Å². The molecule has 1 saturated heterocycles. The number of furan rings is 1. The number of methoxy groups -OCH3 is 2. The molecule has 0 spiro atoms. The van der Waals surface area contributed by atoms with E-state index in [0.29, 0.717) is 11.4 Å². The summed E-state index contributed by atoms with van der Waals surface area (Å²) < 4.78 is 16.3. The van der Waals surface area contributed by atoms with Crippen LogP contribution in [0.3, 0.4) is 0 Å². The minimum atomic E-state index is -1.07. The third-order valence-electron chi connectivity index (χ3n) is 5.37. The maximum absolute atomic E-state index is 13.3. The average molecular weight is 462 g/mol. The van der Waals surface area contributed by atoms with Crippen molar-refractivity contribution in [1.29, 1.82) is 0 Å². The van der Waals surface area contributed by atoms with Gasteiger partial charge in [0.1, 0.15) is 34.6 Å². The number of rotatable bonds is 6. The fourth-order valence-electron chi connectivity index (χ4n) is 3.97. The van der Waals surface area contributed by atoms with Crippen molar-refractivity contribution < 1.29 is 33.4 Å². The van der Waals surface area contributed by atoms with E-state index in [2.05, 4.69) is 5.32 Å². The predicted octanol–water partition coefficient (Wildman–Crippen LogP) is 3.88. The Morgan fingerprint density at radius 1 is 1.03 bits per heavy atom. The van der Waals surface area contributed by atoms with Gasteiger partial charge in [0.2, 0.25) is 5.91 Å². The SMILES string of the molecule is COc1cccc(OC)c1/C(O)=C1\C(=O)C(=O)N(c2cccc(NC(C)=O)c2)C1c1ccco1. The Labute approximate surface area is 195 Å². The zero-order valence-electron chi connectivity index (χ0n) is 18.7. The van der Waals surface area contributed by atoms with E-state index in [1.807, 2.05) is 0 Å². The molecule has 1 aliphatic rings. The van der Waals surface area contributed by atoms with Gasteiger partial charge >= 0.3 is 0 Å². The number of hydrogen-bond donors (Lipinski definition) is 2. The smallest absolute Gasteiger partial charge is 0.300 e. The van der Waals surface area contributed by atoms with Gasteiger partial charge in [-0.05, 0) is 42.5 Å². The van der Waals surface area contributed by atoms with Crippen molar-refractivity contribution in [3.63, 3.8) is 0 Å². The Bertz CT molecular complexity index is 1270. The second-order valence-corrected chi connectivity index (χ2v) is 7.45. The minimum absolute atomic E-state index is 0.133. The van der Waals surface area contributed by atoms with Crippen molar-refractivity contribution in [2.75, 3.05) is 24.4 Å². The van der Waals surface area contributed by atoms with Crippen LogP contribution in [0.25, 0.3) is 5.76 Å². The summed E-state index contributed by atoms with van der Waals surface area (Å²) in [6.45, 7) is 1.36. The highest BCUT2D eigenvalue weighted by atomic mass is 16.5. The zero-order valence-corrected chi connectivity index (χ0v) is 18.7. The van der Waals surface area contributed by atoms with Gasteiger partial charge in [-0.3, -0.25) is 19.3 Å². The van der Waals surface area contributed by atoms with Gasteiger partial charge in [0.05, 0.1) is 26.1 Å². The maximum atomic E-state index is 13.3. The number of anilines is 2. The number of aliphatic hydroxyl groups is 1. The number of hydrogen-bond acceptors (Lipinski definition) is 7. The van der Waals surface area contributed by atoms with E-state index in [0.717, 1.165) is 0 Å². The van der Waals surface area contributed by atoms with Crippen LogP contribution < -0.4 is 19.7 Å². The molecule has 1 fully saturated rings. The molecule has 0 bridgehead atoms. The van der Waals surface area contributed by atoms with Gasteiger partial charge in [0, 0.05) is 18.3 Å². The largest absolute Gasteiger partial charge is 0.506 e. The Kier molecular flexibility index (Phi) is 6.09. The van der Waals surface area contributed by atoms with E-state index in [9.17, 15) is 19.5 Å². The average Bonchev–Trinajstić information content (AvgIpc) is 3.44. The first kappa shape index (κ1) is 22.7. The van der Waals surface area contributed by atoms with E-state index in [1.165, 1.54) is 32.3 Å². The molecule has 0 saturated carbocycles. The summed E-state index contributed by atoms with van der Waals surface area (Å²) in [5, 5.41) is 14.0. The van der Waals surface area contributed by atoms with Crippen molar-refractivity contribution in [3.8, 4) is 11.5 Å². The Balaban J connectivity index is 1.95. The Morgan fingerprint density at radius 3 is 2.29 bits per heavy atom. The van der Waals surface area contributed by atoms with Gasteiger partial charge in [-0.15, -0.1) is 0 Å². The van der Waals surface area contributed by atoms with Gasteiger partial charge in [0.15, 0.2) is 0 Å². The molecule has 2 heterocycles. The lowest BCUT2D eigenvalue weighted by atomic mass is 9.98. The summed E-state index contributed by atoms with van der Waals surface area (Å²) in [5.74, 6) is -1.74. The fraction of sp³-hybridized carbons (Fsp3) is 0.160. The molecule has 1 aliphatic heterocycles. The highest BCUT2D eigenvalue weighted by molar-refractivity contribution is 6.51. The van der Waals surface area contributed by atoms with Gasteiger partial charge < -0.3 is 24.3 Å². The molecule has 1 unspecified atom stereocenters. The number of Topliss-reactive ketones (excluding diaryl/α,β-unsaturated/α-hetero) is 1. The van der Waals surface area contributed by atoms with Crippen LogP contribution in [0.2, 0.25) is 0 Å². The van der Waals surface area contributed by atoms with Crippen LogP contribution in [0.15, 0.2) is 70.9 Å². The number of ketones is 1. The number of carbonyl (C=O) groups is 3. The molecule has 3 aromatic rings. The third-order valence-corrected chi connectivity index (χ3v) is 5.37. The first-order valence-electron chi connectivity index (χ1n) is 10.3. The van der Waals surface area contributed by atoms with E-state index in [-0.39, 0.29) is 34.3 Å². The van der Waals surface area contributed by atoms with Crippen LogP contribution in [0, 0.1) is 0 Å². The summed E-state index contributed by atoms with van der Waals surface area (Å²) in [6, 6.07) is 13.5. The molecule has 0 radical (unpaired) electrons. The van der Waals surface area contributed by atoms with E-state index >= 15 is 0 Å². The monoisotopic (exact) mass is 462 g/mol. The molecule has 2 aromatic carbocycles. The van der Waals surface area contributed by atoms with E-state index in [4.69, 9.17) is 13.9 Å². The normalized spacial score (nSPS) is 17.0. The molecule has 9 nitrogen and oxygen atoms in total. The van der Waals surface area contributed by atoms with Crippen LogP contribution in [0.1, 0.15) is 24.3 Å². The highest BCUT2D eigenvalue weighted by Crippen LogP contribution is 2.45. The topological polar surface area (TPSA) is 118 Å². The lowest BCUT2D eigenvalue weighted by Gasteiger charge is -2.24. The minimum Gasteiger partial charge on any atom is -0.506 e. The molecule has 2 amide bonds. The molecule has 9 heteroatoms. The third kappa shape index (κ3) is 3.88. The predicted molar refractivity (Wildman–Crippen MR) is 124 cm³/mol. The number of ether oxygens (including phenoxy) is 2. The van der Waals surface area contributed by atoms with Crippen molar-refractivity contribution >= 4 is 34.7 Å². The number of nitrogens with zero attached hydrogens (tertiary/aromatic N) is 1. The summed E-state index contributed by atoms with van der Waals surface area (Å²) >= 11 is 0. The first-order valence-corrected chi connectivity index (χ1v) is 10.3. The van der Waals surface area contributed by atoms with Crippen LogP contribution >= 0.6 is 0 Å². The standard InChI is InChI=1S/C25H22N2O7/c1-14(28)26-15-7-4-8-16(13-15)27-22(19-11-6-12-34-19)21(24(30)25(27)31)23(29)20-17(32-2)9-5-10-18(20)33-3/h4-13,22,29H,1-3H3,(H,26,28)/b23-21+. The highest BCUT2D eigenvalue weighted by Gasteiger charge is 2.49. The molecule has 1 atom stereocenters. The lowest BCUT2D eigenvalue weighted by Crippen LogP contribution is -2.29. The number of aliphatic hydroxyl groups excluding tert-OH is 1. The summed E-state index contributed by atoms with van der Waals surface area (Å²) in [4.78, 5) is 39.2. The van der Waals surface area contributed by atoms with Crippen LogP contribution in [0.4, 0.5) is 11.4 Å². The van der Waals surface area contributed by atoms with Crippen molar-refractivity contribution in [1.82, 2.24) is 0 Å². The Hall–Kier alpha value is -4.53. The number of nitrogens with one attached hydrogen (secondary N) is 1. The molecular formula is C25H22N2O7. The molecular weight excluding hydrogens is 440 g/mol. The van der Waals surface area contributed by atoms with Crippen LogP contribution in [0.5, 0.6) is 11.5 Å². The lowest BCUT2D eigenvalue weighted by molar-refractivity contribution is -0.132. The summed E-state index contributed by atoms with van der Waals surface area (Å²) in [6.07, 6.45) is 1.41. The van der Waals surface area contributed by atoms with Crippen LogP contribution in [-0.2, 0) is 14.4 Å². The first-order chi connectivity index (χ1) is 16.4. The fourth-order valence-corrected chi connectivity index (χ4v) is 3.97. The van der Waals surface area contributed by atoms with Crippen molar-refractivity contribution in [3.05, 3.63) is 77.8 Å². The summed E-state index contributed by atoms with van der Waals surface area (Å²) in [7, 11) is 2.84. The van der Waals surface area contributed by atoms with Gasteiger partial charge in [-0.25, -0.2) is 0 Å². The van der Waals surface area contributed by atoms with E-state index in [1.54, 1.807) is 54.6 Å². The molecule has 0 aliphatic carbocycles. The number of benzene rings is 2.